The number of nitrogens with one attached hydrogen (secondary N) is 1. The van der Waals surface area contributed by atoms with Gasteiger partial charge in [0.15, 0.2) is 0 Å². The minimum atomic E-state index is -0.290. The van der Waals surface area contributed by atoms with E-state index in [2.05, 4.69) is 5.32 Å². The Hall–Kier alpha value is -1.26. The molecule has 0 aliphatic carbocycles. The smallest absolute Gasteiger partial charge is 0.320 e. The molecule has 3 amide bonds. The third-order valence-electron chi connectivity index (χ3n) is 3.33. The van der Waals surface area contributed by atoms with Gasteiger partial charge in [-0.15, -0.1) is 0 Å². The van der Waals surface area contributed by atoms with Gasteiger partial charge in [-0.3, -0.25) is 4.79 Å². The van der Waals surface area contributed by atoms with Crippen molar-refractivity contribution in [1.29, 1.82) is 0 Å². The summed E-state index contributed by atoms with van der Waals surface area (Å²) in [6.45, 7) is 5.98. The summed E-state index contributed by atoms with van der Waals surface area (Å²) >= 11 is 0. The minimum absolute atomic E-state index is 0.0108. The molecule has 0 radical (unpaired) electrons. The van der Waals surface area contributed by atoms with Crippen LogP contribution in [0.4, 0.5) is 4.79 Å². The number of carbonyl (C=O) groups is 2. The second kappa shape index (κ2) is 6.47. The summed E-state index contributed by atoms with van der Waals surface area (Å²) in [5.41, 5.74) is 0. The van der Waals surface area contributed by atoms with Crippen molar-refractivity contribution in [2.24, 2.45) is 0 Å². The second-order valence-corrected chi connectivity index (χ2v) is 4.27. The van der Waals surface area contributed by atoms with Gasteiger partial charge in [-0.1, -0.05) is 0 Å². The van der Waals surface area contributed by atoms with Crippen LogP contribution >= 0.6 is 0 Å². The molecule has 1 rings (SSSR count). The monoisotopic (exact) mass is 241 g/mol. The van der Waals surface area contributed by atoms with Crippen LogP contribution in [0, 0.1) is 0 Å². The lowest BCUT2D eigenvalue weighted by Gasteiger charge is -2.37. The Morgan fingerprint density at radius 3 is 2.47 bits per heavy atom. The Morgan fingerprint density at radius 2 is 1.94 bits per heavy atom. The van der Waals surface area contributed by atoms with E-state index in [-0.39, 0.29) is 18.0 Å². The topological polar surface area (TPSA) is 52.7 Å². The maximum Gasteiger partial charge on any atom is 0.320 e. The molecule has 0 aromatic rings. The third-order valence-corrected chi connectivity index (χ3v) is 3.33. The maximum atomic E-state index is 12.3. The Morgan fingerprint density at radius 1 is 1.29 bits per heavy atom. The highest BCUT2D eigenvalue weighted by Gasteiger charge is 2.33. The molecule has 1 aliphatic heterocycles. The number of likely N-dealkylation sites (tertiary alicyclic amines) is 1. The summed E-state index contributed by atoms with van der Waals surface area (Å²) in [7, 11) is 1.62. The predicted octanol–water partition coefficient (Wildman–Crippen LogP) is 1.05. The van der Waals surface area contributed by atoms with Crippen molar-refractivity contribution in [3.8, 4) is 0 Å². The molecule has 1 saturated heterocycles. The summed E-state index contributed by atoms with van der Waals surface area (Å²) in [5, 5.41) is 2.64. The molecule has 0 aromatic carbocycles. The fourth-order valence-electron chi connectivity index (χ4n) is 2.28. The van der Waals surface area contributed by atoms with Gasteiger partial charge in [0.1, 0.15) is 6.04 Å². The van der Waals surface area contributed by atoms with Gasteiger partial charge in [-0.25, -0.2) is 4.79 Å². The van der Waals surface area contributed by atoms with Crippen LogP contribution in [0.2, 0.25) is 0 Å². The Balaban J connectivity index is 2.76. The molecule has 5 heteroatoms. The van der Waals surface area contributed by atoms with E-state index in [1.807, 2.05) is 13.8 Å². The Kier molecular flexibility index (Phi) is 5.25. The fourth-order valence-corrected chi connectivity index (χ4v) is 2.28. The zero-order chi connectivity index (χ0) is 12.8. The first-order chi connectivity index (χ1) is 8.15. The normalized spacial score (nSPS) is 19.9. The van der Waals surface area contributed by atoms with Crippen molar-refractivity contribution in [3.05, 3.63) is 0 Å². The van der Waals surface area contributed by atoms with Crippen LogP contribution in [0.1, 0.15) is 33.1 Å². The average Bonchev–Trinajstić information content (AvgIpc) is 2.39. The van der Waals surface area contributed by atoms with E-state index in [1.54, 1.807) is 16.8 Å². The fraction of sp³-hybridized carbons (Fsp3) is 0.833. The zero-order valence-electron chi connectivity index (χ0n) is 11.0. The van der Waals surface area contributed by atoms with Gasteiger partial charge in [-0.2, -0.15) is 0 Å². The van der Waals surface area contributed by atoms with Crippen LogP contribution in [-0.2, 0) is 4.79 Å². The number of urea groups is 1. The van der Waals surface area contributed by atoms with Crippen LogP contribution < -0.4 is 5.32 Å². The number of rotatable bonds is 3. The number of piperidine rings is 1. The molecule has 0 spiro atoms. The largest absolute Gasteiger partial charge is 0.357 e. The summed E-state index contributed by atoms with van der Waals surface area (Å²) in [6.07, 6.45) is 2.77. The standard InChI is InChI=1S/C12H23N3O2/c1-4-14(5-2)12(17)15-9-7-6-8-10(15)11(16)13-3/h10H,4-9H2,1-3H3,(H,13,16). The van der Waals surface area contributed by atoms with E-state index in [0.717, 1.165) is 19.3 Å². The lowest BCUT2D eigenvalue weighted by molar-refractivity contribution is -0.126. The van der Waals surface area contributed by atoms with Gasteiger partial charge in [-0.05, 0) is 33.1 Å². The number of hydrogen-bond acceptors (Lipinski definition) is 2. The first-order valence-electron chi connectivity index (χ1n) is 6.42. The van der Waals surface area contributed by atoms with Crippen LogP contribution in [0.25, 0.3) is 0 Å². The summed E-state index contributed by atoms with van der Waals surface area (Å²) in [6, 6.07) is -0.301. The average molecular weight is 241 g/mol. The molecule has 1 heterocycles. The van der Waals surface area contributed by atoms with Crippen LogP contribution in [0.15, 0.2) is 0 Å². The SMILES string of the molecule is CCN(CC)C(=O)N1CCCCC1C(=O)NC. The van der Waals surface area contributed by atoms with Gasteiger partial charge in [0.25, 0.3) is 0 Å². The number of hydrogen-bond donors (Lipinski definition) is 1. The highest BCUT2D eigenvalue weighted by molar-refractivity contribution is 5.87. The van der Waals surface area contributed by atoms with E-state index in [9.17, 15) is 9.59 Å². The molecule has 98 valence electrons. The third kappa shape index (κ3) is 3.11. The maximum absolute atomic E-state index is 12.3. The summed E-state index contributed by atoms with van der Waals surface area (Å²) in [5.74, 6) is -0.0507. The Bertz CT molecular complexity index is 277. The summed E-state index contributed by atoms with van der Waals surface area (Å²) < 4.78 is 0. The number of nitrogens with zero attached hydrogens (tertiary/aromatic N) is 2. The molecule has 1 N–H and O–H groups in total. The molecule has 0 aromatic heterocycles. The van der Waals surface area contributed by atoms with Crippen LogP contribution in [0.5, 0.6) is 0 Å². The molecule has 5 nitrogen and oxygen atoms in total. The second-order valence-electron chi connectivity index (χ2n) is 4.27. The van der Waals surface area contributed by atoms with Gasteiger partial charge in [0.2, 0.25) is 5.91 Å². The highest BCUT2D eigenvalue weighted by atomic mass is 16.2. The number of carbonyl (C=O) groups excluding carboxylic acids is 2. The van der Waals surface area contributed by atoms with Crippen molar-refractivity contribution < 1.29 is 9.59 Å². The van der Waals surface area contributed by atoms with Gasteiger partial charge in [0.05, 0.1) is 0 Å². The predicted molar refractivity (Wildman–Crippen MR) is 66.7 cm³/mol. The highest BCUT2D eigenvalue weighted by Crippen LogP contribution is 2.18. The molecule has 1 fully saturated rings. The van der Waals surface area contributed by atoms with Crippen molar-refractivity contribution in [3.63, 3.8) is 0 Å². The molecule has 0 bridgehead atoms. The lowest BCUT2D eigenvalue weighted by atomic mass is 10.0. The van der Waals surface area contributed by atoms with Gasteiger partial charge >= 0.3 is 6.03 Å². The van der Waals surface area contributed by atoms with E-state index in [0.29, 0.717) is 19.6 Å². The number of likely N-dealkylation sites (N-methyl/N-ethyl adjacent to an activating group) is 1. The molecule has 17 heavy (non-hydrogen) atoms. The zero-order valence-corrected chi connectivity index (χ0v) is 11.0. The summed E-state index contributed by atoms with van der Waals surface area (Å²) in [4.78, 5) is 27.5. The Labute approximate surface area is 103 Å². The minimum Gasteiger partial charge on any atom is -0.357 e. The van der Waals surface area contributed by atoms with Crippen LogP contribution in [0.3, 0.4) is 0 Å². The molecule has 1 unspecified atom stereocenters. The molecular formula is C12H23N3O2. The van der Waals surface area contributed by atoms with E-state index < -0.39 is 0 Å². The van der Waals surface area contributed by atoms with E-state index >= 15 is 0 Å². The van der Waals surface area contributed by atoms with Crippen molar-refractivity contribution >= 4 is 11.9 Å². The quantitative estimate of drug-likeness (QED) is 0.803. The van der Waals surface area contributed by atoms with E-state index in [4.69, 9.17) is 0 Å². The lowest BCUT2D eigenvalue weighted by Crippen LogP contribution is -2.55. The molecule has 1 aliphatic rings. The van der Waals surface area contributed by atoms with E-state index in [1.165, 1.54) is 0 Å². The van der Waals surface area contributed by atoms with Gasteiger partial charge < -0.3 is 15.1 Å². The van der Waals surface area contributed by atoms with Crippen molar-refractivity contribution in [2.75, 3.05) is 26.7 Å². The van der Waals surface area contributed by atoms with Crippen molar-refractivity contribution in [1.82, 2.24) is 15.1 Å². The first kappa shape index (κ1) is 13.8. The van der Waals surface area contributed by atoms with Gasteiger partial charge in [0, 0.05) is 26.7 Å². The molecule has 0 saturated carbocycles. The molecule has 1 atom stereocenters. The van der Waals surface area contributed by atoms with Crippen LogP contribution in [-0.4, -0.2) is 54.5 Å². The number of amides is 3. The van der Waals surface area contributed by atoms with Crippen molar-refractivity contribution in [2.45, 2.75) is 39.2 Å². The first-order valence-corrected chi connectivity index (χ1v) is 6.42. The molecular weight excluding hydrogens is 218 g/mol.